The highest BCUT2D eigenvalue weighted by Crippen LogP contribution is 2.32. The molecule has 1 aliphatic rings. The van der Waals surface area contributed by atoms with Crippen LogP contribution in [-0.2, 0) is 9.53 Å². The van der Waals surface area contributed by atoms with Crippen molar-refractivity contribution in [1.29, 1.82) is 0 Å². The van der Waals surface area contributed by atoms with Crippen LogP contribution in [0.3, 0.4) is 0 Å². The lowest BCUT2D eigenvalue weighted by Crippen LogP contribution is -2.30. The summed E-state index contributed by atoms with van der Waals surface area (Å²) in [5.74, 6) is 0.311. The zero-order valence-corrected chi connectivity index (χ0v) is 15.6. The Hall–Kier alpha value is -3.09. The maximum atomic E-state index is 12.1. The second kappa shape index (κ2) is 8.33. The molecule has 0 atom stereocenters. The molecule has 1 aromatic rings. The van der Waals surface area contributed by atoms with E-state index in [4.69, 9.17) is 9.47 Å². The van der Waals surface area contributed by atoms with Crippen molar-refractivity contribution in [1.82, 2.24) is 5.32 Å². The number of amides is 1. The molecule has 2 rings (SSSR count). The van der Waals surface area contributed by atoms with Gasteiger partial charge in [-0.3, -0.25) is 10.1 Å². The predicted molar refractivity (Wildman–Crippen MR) is 101 cm³/mol. The average Bonchev–Trinajstić information content (AvgIpc) is 2.59. The molecular formula is C19H23N3O4. The number of nitrogens with one attached hydrogen (secondary N) is 1. The summed E-state index contributed by atoms with van der Waals surface area (Å²) in [5.41, 5.74) is 2.99. The first kappa shape index (κ1) is 19.2. The molecule has 7 heteroatoms. The van der Waals surface area contributed by atoms with E-state index in [-0.39, 0.29) is 18.1 Å². The van der Waals surface area contributed by atoms with Gasteiger partial charge in [0, 0.05) is 25.8 Å². The molecule has 0 saturated heterocycles. The van der Waals surface area contributed by atoms with E-state index in [1.807, 2.05) is 37.2 Å². The molecule has 0 unspecified atom stereocenters. The molecule has 0 aliphatic heterocycles. The number of allylic oxidation sites excluding steroid dienone is 3. The van der Waals surface area contributed by atoms with Crippen molar-refractivity contribution >= 4 is 29.0 Å². The van der Waals surface area contributed by atoms with E-state index in [1.165, 1.54) is 12.2 Å². The number of methoxy groups -OCH3 is 1. The van der Waals surface area contributed by atoms with Crippen molar-refractivity contribution in [3.05, 3.63) is 41.6 Å². The first-order valence-electron chi connectivity index (χ1n) is 8.18. The summed E-state index contributed by atoms with van der Waals surface area (Å²) >= 11 is 0. The second-order valence-electron chi connectivity index (χ2n) is 5.84. The number of ketones is 1. The predicted octanol–water partition coefficient (Wildman–Crippen LogP) is 2.99. The Labute approximate surface area is 153 Å². The molecule has 26 heavy (non-hydrogen) atoms. The normalized spacial score (nSPS) is 15.3. The lowest BCUT2D eigenvalue weighted by molar-refractivity contribution is -0.111. The third kappa shape index (κ3) is 4.50. The third-order valence-corrected chi connectivity index (χ3v) is 3.73. The number of rotatable bonds is 5. The highest BCUT2D eigenvalue weighted by Gasteiger charge is 2.19. The van der Waals surface area contributed by atoms with Gasteiger partial charge >= 0.3 is 6.09 Å². The van der Waals surface area contributed by atoms with Crippen molar-refractivity contribution in [2.45, 2.75) is 13.8 Å². The Morgan fingerprint density at radius 1 is 1.27 bits per heavy atom. The summed E-state index contributed by atoms with van der Waals surface area (Å²) in [6.45, 7) is 3.70. The van der Waals surface area contributed by atoms with E-state index in [0.717, 1.165) is 5.69 Å². The highest BCUT2D eigenvalue weighted by molar-refractivity contribution is 6.22. The van der Waals surface area contributed by atoms with E-state index in [0.29, 0.717) is 22.7 Å². The largest absolute Gasteiger partial charge is 0.494 e. The van der Waals surface area contributed by atoms with Crippen LogP contribution < -0.4 is 15.0 Å². The first-order valence-corrected chi connectivity index (χ1v) is 8.18. The monoisotopic (exact) mass is 357 g/mol. The number of ether oxygens (including phenoxy) is 2. The van der Waals surface area contributed by atoms with E-state index >= 15 is 0 Å². The number of carbonyl (C=O) groups is 2. The number of nitrogens with zero attached hydrogens (tertiary/aromatic N) is 2. The molecule has 1 amide bonds. The molecule has 0 heterocycles. The van der Waals surface area contributed by atoms with Gasteiger partial charge in [0.25, 0.3) is 0 Å². The number of benzene rings is 1. The fourth-order valence-corrected chi connectivity index (χ4v) is 2.33. The van der Waals surface area contributed by atoms with Gasteiger partial charge in [-0.2, -0.15) is 0 Å². The second-order valence-corrected chi connectivity index (χ2v) is 5.84. The summed E-state index contributed by atoms with van der Waals surface area (Å²) < 4.78 is 10.2. The van der Waals surface area contributed by atoms with Crippen molar-refractivity contribution < 1.29 is 19.1 Å². The number of alkyl carbamates (subject to hydrolysis) is 1. The van der Waals surface area contributed by atoms with Gasteiger partial charge in [-0.25, -0.2) is 9.79 Å². The Kier molecular flexibility index (Phi) is 6.16. The van der Waals surface area contributed by atoms with Crippen molar-refractivity contribution in [3.63, 3.8) is 0 Å². The molecule has 0 radical (unpaired) electrons. The molecule has 0 saturated carbocycles. The van der Waals surface area contributed by atoms with Gasteiger partial charge in [-0.1, -0.05) is 0 Å². The molecular weight excluding hydrogens is 334 g/mol. The SMILES string of the molecule is CCOC(=O)NC1=CC(=Nc2ccc(N(C)C)cc2OC)C(C)=CC1=O. The molecule has 0 bridgehead atoms. The van der Waals surface area contributed by atoms with Crippen molar-refractivity contribution in [2.24, 2.45) is 4.99 Å². The average molecular weight is 357 g/mol. The Morgan fingerprint density at radius 2 is 2.00 bits per heavy atom. The number of carbonyl (C=O) groups excluding carboxylic acids is 2. The number of hydrogen-bond donors (Lipinski definition) is 1. The van der Waals surface area contributed by atoms with Crippen molar-refractivity contribution in [2.75, 3.05) is 32.7 Å². The zero-order valence-electron chi connectivity index (χ0n) is 15.6. The first-order chi connectivity index (χ1) is 12.3. The molecule has 1 aliphatic carbocycles. The standard InChI is InChI=1S/C19H23N3O4/c1-6-26-19(24)21-16-11-15(12(2)9-17(16)23)20-14-8-7-13(22(3)4)10-18(14)25-5/h7-11H,6H2,1-5H3,(H,21,24). The van der Waals surface area contributed by atoms with E-state index in [2.05, 4.69) is 10.3 Å². The molecule has 138 valence electrons. The highest BCUT2D eigenvalue weighted by atomic mass is 16.5. The van der Waals surface area contributed by atoms with Gasteiger partial charge in [0.2, 0.25) is 5.78 Å². The molecule has 1 aromatic carbocycles. The number of anilines is 1. The summed E-state index contributed by atoms with van der Waals surface area (Å²) in [4.78, 5) is 30.2. The third-order valence-electron chi connectivity index (χ3n) is 3.73. The van der Waals surface area contributed by atoms with Gasteiger partial charge in [0.05, 0.1) is 25.1 Å². The van der Waals surface area contributed by atoms with Crippen LogP contribution in [0.5, 0.6) is 5.75 Å². The minimum Gasteiger partial charge on any atom is -0.494 e. The molecule has 1 N–H and O–H groups in total. The van der Waals surface area contributed by atoms with Gasteiger partial charge in [-0.15, -0.1) is 0 Å². The topological polar surface area (TPSA) is 80.2 Å². The minimum atomic E-state index is -0.674. The van der Waals surface area contributed by atoms with E-state index < -0.39 is 6.09 Å². The van der Waals surface area contributed by atoms with Gasteiger partial charge in [-0.05, 0) is 43.7 Å². The van der Waals surface area contributed by atoms with Crippen LogP contribution in [0.25, 0.3) is 0 Å². The van der Waals surface area contributed by atoms with Crippen LogP contribution in [0, 0.1) is 0 Å². The molecule has 0 spiro atoms. The lowest BCUT2D eigenvalue weighted by Gasteiger charge is -2.16. The maximum absolute atomic E-state index is 12.1. The zero-order chi connectivity index (χ0) is 19.3. The Bertz CT molecular complexity index is 807. The maximum Gasteiger partial charge on any atom is 0.411 e. The molecule has 7 nitrogen and oxygen atoms in total. The van der Waals surface area contributed by atoms with Crippen LogP contribution in [0.2, 0.25) is 0 Å². The molecule has 0 aromatic heterocycles. The van der Waals surface area contributed by atoms with Crippen LogP contribution in [0.15, 0.2) is 46.6 Å². The quantitative estimate of drug-likeness (QED) is 0.820. The summed E-state index contributed by atoms with van der Waals surface area (Å²) in [6.07, 6.45) is 2.29. The smallest absolute Gasteiger partial charge is 0.411 e. The van der Waals surface area contributed by atoms with Crippen molar-refractivity contribution in [3.8, 4) is 5.75 Å². The minimum absolute atomic E-state index is 0.122. The van der Waals surface area contributed by atoms with Crippen LogP contribution >= 0.6 is 0 Å². The van der Waals surface area contributed by atoms with Gasteiger partial charge < -0.3 is 14.4 Å². The van der Waals surface area contributed by atoms with Crippen LogP contribution in [0.1, 0.15) is 13.8 Å². The van der Waals surface area contributed by atoms with Gasteiger partial charge in [0.1, 0.15) is 11.4 Å². The number of aliphatic imine (C=N–C) groups is 1. The van der Waals surface area contributed by atoms with E-state index in [9.17, 15) is 9.59 Å². The summed E-state index contributed by atoms with van der Waals surface area (Å²) in [6, 6.07) is 5.65. The number of hydrogen-bond acceptors (Lipinski definition) is 6. The Balaban J connectivity index is 2.38. The van der Waals surface area contributed by atoms with Crippen LogP contribution in [-0.4, -0.2) is 45.4 Å². The molecule has 0 fully saturated rings. The summed E-state index contributed by atoms with van der Waals surface area (Å²) in [7, 11) is 5.46. The van der Waals surface area contributed by atoms with Gasteiger partial charge in [0.15, 0.2) is 0 Å². The fourth-order valence-electron chi connectivity index (χ4n) is 2.33. The van der Waals surface area contributed by atoms with E-state index in [1.54, 1.807) is 21.0 Å². The lowest BCUT2D eigenvalue weighted by atomic mass is 10.0. The summed E-state index contributed by atoms with van der Waals surface area (Å²) in [5, 5.41) is 2.45. The fraction of sp³-hybridized carbons (Fsp3) is 0.316. The van der Waals surface area contributed by atoms with Crippen LogP contribution in [0.4, 0.5) is 16.2 Å². The Morgan fingerprint density at radius 3 is 2.62 bits per heavy atom.